The number of piperazine rings is 1. The van der Waals surface area contributed by atoms with Crippen molar-refractivity contribution in [1.82, 2.24) is 20.0 Å². The summed E-state index contributed by atoms with van der Waals surface area (Å²) in [5.74, 6) is 2.51. The lowest BCUT2D eigenvalue weighted by Crippen LogP contribution is -2.46. The summed E-state index contributed by atoms with van der Waals surface area (Å²) >= 11 is 2.05. The van der Waals surface area contributed by atoms with Crippen LogP contribution in [0.25, 0.3) is 0 Å². The minimum atomic E-state index is -0.116. The Morgan fingerprint density at radius 2 is 1.66 bits per heavy atom. The van der Waals surface area contributed by atoms with Gasteiger partial charge in [-0.15, -0.1) is 0 Å². The number of hydrogen-bond donors (Lipinski definition) is 2. The Bertz CT molecular complexity index is 612. The topological polar surface area (TPSA) is 50.9 Å². The molecule has 0 unspecified atom stereocenters. The van der Waals surface area contributed by atoms with E-state index in [1.807, 2.05) is 12.1 Å². The Morgan fingerprint density at radius 1 is 1.00 bits per heavy atom. The van der Waals surface area contributed by atoms with Crippen LogP contribution in [0.5, 0.6) is 0 Å². The second-order valence-corrected chi connectivity index (χ2v) is 9.56. The standard InChI is InChI=1S/C22H37N5OS/c1-19(7-9-26-13-11-25(2)12-14-26)23-22(28)24-21-5-3-20(4-6-21)8-10-27-15-17-29-18-16-27/h3-6,19H,7-18H2,1-2H3,(H2,23,24,28)/t19-/m1/s1. The van der Waals surface area contributed by atoms with Crippen LogP contribution in [0.15, 0.2) is 24.3 Å². The molecule has 162 valence electrons. The van der Waals surface area contributed by atoms with Crippen molar-refractivity contribution in [2.24, 2.45) is 0 Å². The largest absolute Gasteiger partial charge is 0.335 e. The van der Waals surface area contributed by atoms with Gasteiger partial charge in [0.2, 0.25) is 0 Å². The number of rotatable bonds is 8. The molecular formula is C22H37N5OS. The lowest BCUT2D eigenvalue weighted by molar-refractivity contribution is 0.150. The van der Waals surface area contributed by atoms with Gasteiger partial charge in [0.15, 0.2) is 0 Å². The van der Waals surface area contributed by atoms with Gasteiger partial charge in [0, 0.05) is 75.6 Å². The molecule has 0 aliphatic carbocycles. The molecule has 1 aromatic rings. The number of carbonyl (C=O) groups is 1. The van der Waals surface area contributed by atoms with Crippen molar-refractivity contribution >= 4 is 23.5 Å². The van der Waals surface area contributed by atoms with Crippen LogP contribution in [0.2, 0.25) is 0 Å². The van der Waals surface area contributed by atoms with Crippen molar-refractivity contribution in [3.63, 3.8) is 0 Å². The molecule has 2 amide bonds. The number of nitrogens with zero attached hydrogens (tertiary/aromatic N) is 3. The smallest absolute Gasteiger partial charge is 0.319 e. The van der Waals surface area contributed by atoms with E-state index in [2.05, 4.69) is 63.2 Å². The maximum Gasteiger partial charge on any atom is 0.319 e. The van der Waals surface area contributed by atoms with Gasteiger partial charge in [-0.05, 0) is 44.5 Å². The zero-order valence-corrected chi connectivity index (χ0v) is 18.8. The monoisotopic (exact) mass is 419 g/mol. The number of anilines is 1. The molecule has 1 atom stereocenters. The first kappa shape index (κ1) is 22.4. The number of likely N-dealkylation sites (N-methyl/N-ethyl adjacent to an activating group) is 1. The zero-order chi connectivity index (χ0) is 20.5. The van der Waals surface area contributed by atoms with E-state index >= 15 is 0 Å². The van der Waals surface area contributed by atoms with Crippen molar-refractivity contribution < 1.29 is 4.79 Å². The first-order valence-corrected chi connectivity index (χ1v) is 12.1. The van der Waals surface area contributed by atoms with Gasteiger partial charge < -0.3 is 25.3 Å². The number of amides is 2. The Balaban J connectivity index is 1.33. The summed E-state index contributed by atoms with van der Waals surface area (Å²) in [6, 6.07) is 8.33. The molecular weight excluding hydrogens is 382 g/mol. The Hall–Kier alpha value is -1.28. The molecule has 1 aromatic carbocycles. The third-order valence-electron chi connectivity index (χ3n) is 5.88. The quantitative estimate of drug-likeness (QED) is 0.678. The van der Waals surface area contributed by atoms with E-state index in [4.69, 9.17) is 0 Å². The molecule has 0 radical (unpaired) electrons. The molecule has 2 saturated heterocycles. The molecule has 0 bridgehead atoms. The highest BCUT2D eigenvalue weighted by Crippen LogP contribution is 2.13. The fourth-order valence-corrected chi connectivity index (χ4v) is 4.76. The van der Waals surface area contributed by atoms with Crippen LogP contribution in [0.3, 0.4) is 0 Å². The molecule has 3 rings (SSSR count). The molecule has 2 heterocycles. The number of thioether (sulfide) groups is 1. The van der Waals surface area contributed by atoms with Crippen LogP contribution < -0.4 is 10.6 Å². The first-order valence-electron chi connectivity index (χ1n) is 11.0. The SMILES string of the molecule is C[C@H](CCN1CCN(C)CC1)NC(=O)Nc1ccc(CCN2CCSCC2)cc1. The van der Waals surface area contributed by atoms with E-state index in [-0.39, 0.29) is 12.1 Å². The normalized spacial score (nSPS) is 20.3. The van der Waals surface area contributed by atoms with Gasteiger partial charge in [-0.1, -0.05) is 12.1 Å². The van der Waals surface area contributed by atoms with Crippen molar-refractivity contribution in [2.75, 3.05) is 76.2 Å². The fraction of sp³-hybridized carbons (Fsp3) is 0.682. The highest BCUT2D eigenvalue weighted by Gasteiger charge is 2.15. The van der Waals surface area contributed by atoms with Gasteiger partial charge >= 0.3 is 6.03 Å². The van der Waals surface area contributed by atoms with Gasteiger partial charge in [-0.3, -0.25) is 0 Å². The summed E-state index contributed by atoms with van der Waals surface area (Å²) in [5, 5.41) is 6.03. The zero-order valence-electron chi connectivity index (χ0n) is 18.0. The molecule has 0 aromatic heterocycles. The summed E-state index contributed by atoms with van der Waals surface area (Å²) in [6.45, 7) is 11.2. The van der Waals surface area contributed by atoms with Gasteiger partial charge in [0.05, 0.1) is 0 Å². The predicted molar refractivity (Wildman–Crippen MR) is 124 cm³/mol. The number of carbonyl (C=O) groups excluding carboxylic acids is 1. The summed E-state index contributed by atoms with van der Waals surface area (Å²) in [7, 11) is 2.17. The third kappa shape index (κ3) is 8.16. The minimum absolute atomic E-state index is 0.116. The molecule has 2 aliphatic heterocycles. The van der Waals surface area contributed by atoms with Crippen LogP contribution in [-0.2, 0) is 6.42 Å². The lowest BCUT2D eigenvalue weighted by Gasteiger charge is -2.32. The number of urea groups is 1. The Morgan fingerprint density at radius 3 is 2.34 bits per heavy atom. The van der Waals surface area contributed by atoms with E-state index < -0.39 is 0 Å². The van der Waals surface area contributed by atoms with Gasteiger partial charge in [0.1, 0.15) is 0 Å². The van der Waals surface area contributed by atoms with Crippen LogP contribution in [0.1, 0.15) is 18.9 Å². The highest BCUT2D eigenvalue weighted by atomic mass is 32.2. The molecule has 2 N–H and O–H groups in total. The van der Waals surface area contributed by atoms with E-state index in [0.717, 1.165) is 57.8 Å². The average Bonchev–Trinajstić information content (AvgIpc) is 2.73. The Labute approximate surface area is 180 Å². The third-order valence-corrected chi connectivity index (χ3v) is 6.83. The van der Waals surface area contributed by atoms with Crippen LogP contribution in [0.4, 0.5) is 10.5 Å². The maximum absolute atomic E-state index is 12.3. The van der Waals surface area contributed by atoms with Gasteiger partial charge in [0.25, 0.3) is 0 Å². The van der Waals surface area contributed by atoms with Gasteiger partial charge in [-0.2, -0.15) is 11.8 Å². The van der Waals surface area contributed by atoms with E-state index in [0.29, 0.717) is 0 Å². The molecule has 0 spiro atoms. The summed E-state index contributed by atoms with van der Waals surface area (Å²) in [6.07, 6.45) is 2.05. The Kier molecular flexibility index (Phi) is 9.11. The maximum atomic E-state index is 12.3. The number of benzene rings is 1. The van der Waals surface area contributed by atoms with E-state index in [1.165, 1.54) is 30.2 Å². The minimum Gasteiger partial charge on any atom is -0.335 e. The lowest BCUT2D eigenvalue weighted by atomic mass is 10.1. The van der Waals surface area contributed by atoms with Crippen LogP contribution in [0, 0.1) is 0 Å². The summed E-state index contributed by atoms with van der Waals surface area (Å²) in [5.41, 5.74) is 2.18. The van der Waals surface area contributed by atoms with Crippen LogP contribution in [-0.4, -0.2) is 97.7 Å². The first-order chi connectivity index (χ1) is 14.1. The second kappa shape index (κ2) is 11.8. The predicted octanol–water partition coefficient (Wildman–Crippen LogP) is 2.43. The fourth-order valence-electron chi connectivity index (χ4n) is 3.78. The van der Waals surface area contributed by atoms with Crippen molar-refractivity contribution in [2.45, 2.75) is 25.8 Å². The average molecular weight is 420 g/mol. The van der Waals surface area contributed by atoms with E-state index in [9.17, 15) is 4.79 Å². The summed E-state index contributed by atoms with van der Waals surface area (Å²) in [4.78, 5) is 19.7. The number of nitrogens with one attached hydrogen (secondary N) is 2. The molecule has 2 aliphatic rings. The molecule has 0 saturated carbocycles. The highest BCUT2D eigenvalue weighted by molar-refractivity contribution is 7.99. The molecule has 2 fully saturated rings. The van der Waals surface area contributed by atoms with E-state index in [1.54, 1.807) is 0 Å². The summed E-state index contributed by atoms with van der Waals surface area (Å²) < 4.78 is 0. The molecule has 7 heteroatoms. The van der Waals surface area contributed by atoms with Crippen molar-refractivity contribution in [3.05, 3.63) is 29.8 Å². The molecule has 29 heavy (non-hydrogen) atoms. The number of hydrogen-bond acceptors (Lipinski definition) is 5. The van der Waals surface area contributed by atoms with Crippen molar-refractivity contribution in [1.29, 1.82) is 0 Å². The van der Waals surface area contributed by atoms with Crippen LogP contribution >= 0.6 is 11.8 Å². The second-order valence-electron chi connectivity index (χ2n) is 8.33. The molecule has 6 nitrogen and oxygen atoms in total. The van der Waals surface area contributed by atoms with Gasteiger partial charge in [-0.25, -0.2) is 4.79 Å². The van der Waals surface area contributed by atoms with Crippen molar-refractivity contribution in [3.8, 4) is 0 Å².